The lowest BCUT2D eigenvalue weighted by Gasteiger charge is -1.94. The summed E-state index contributed by atoms with van der Waals surface area (Å²) in [5.74, 6) is 0. The molecule has 0 amide bonds. The maximum atomic E-state index is 11.0. The number of nitrogens with two attached hydrogens (primary N) is 4. The summed E-state index contributed by atoms with van der Waals surface area (Å²) >= 11 is 5.18. The van der Waals surface area contributed by atoms with Gasteiger partial charge < -0.3 is 62.8 Å². The van der Waals surface area contributed by atoms with Crippen molar-refractivity contribution in [1.29, 1.82) is 0 Å². The smallest absolute Gasteiger partial charge is 0.418 e. The van der Waals surface area contributed by atoms with Crippen LogP contribution < -0.4 is 33.8 Å². The van der Waals surface area contributed by atoms with E-state index in [0.29, 0.717) is 45.3 Å². The minimum absolute atomic E-state index is 0.312. The highest BCUT2D eigenvalue weighted by molar-refractivity contribution is 6.50. The maximum Gasteiger partial charge on any atom is 0.673 e. The molecule has 0 aliphatic heterocycles. The van der Waals surface area contributed by atoms with Crippen LogP contribution in [0.5, 0.6) is 0 Å². The third-order valence-corrected chi connectivity index (χ3v) is 1.01. The molecule has 0 radical (unpaired) electrons. The van der Waals surface area contributed by atoms with Gasteiger partial charge in [-0.1, -0.05) is 0 Å². The van der Waals surface area contributed by atoms with Gasteiger partial charge in [-0.2, -0.15) is 5.54 Å². The molecule has 0 saturated carbocycles. The number of hydrogen-bond donors (Lipinski definition) is 6. The van der Waals surface area contributed by atoms with E-state index in [0.717, 1.165) is 0 Å². The molecule has 10 N–H and O–H groups in total. The first-order valence-corrected chi connectivity index (χ1v) is 6.93. The lowest BCUT2D eigenvalue weighted by atomic mass is 10.3. The molecule has 0 aliphatic carbocycles. The van der Waals surface area contributed by atoms with E-state index in [1.54, 1.807) is 0 Å². The molecule has 18 heteroatoms. The van der Waals surface area contributed by atoms with E-state index in [-0.39, 0.29) is 0 Å². The van der Waals surface area contributed by atoms with Crippen molar-refractivity contribution < 1.29 is 39.0 Å². The SMILES string of the molecule is FNCCNCCl.F[B-](F)(F)F.F[B-](F)(F)F.NCCN.NCCN. The lowest BCUT2D eigenvalue weighted by Crippen LogP contribution is -2.21. The lowest BCUT2D eigenvalue weighted by molar-refractivity contribution is 0.335. The Bertz CT molecular complexity index is 180. The fraction of sp³-hybridized carbons (Fsp3) is 1.00. The quantitative estimate of drug-likeness (QED) is 0.0936. The largest absolute Gasteiger partial charge is 0.673 e. The predicted octanol–water partition coefficient (Wildman–Crippen LogP) is 0.654. The van der Waals surface area contributed by atoms with Crippen LogP contribution >= 0.6 is 11.6 Å². The van der Waals surface area contributed by atoms with Gasteiger partial charge in [0.15, 0.2) is 0 Å². The molecule has 25 heavy (non-hydrogen) atoms. The zero-order valence-electron chi connectivity index (χ0n) is 13.2. The van der Waals surface area contributed by atoms with E-state index in [1.807, 2.05) is 0 Å². The van der Waals surface area contributed by atoms with Gasteiger partial charge in [-0.25, -0.2) is 0 Å². The summed E-state index contributed by atoms with van der Waals surface area (Å²) in [6.45, 7) is 3.27. The van der Waals surface area contributed by atoms with Gasteiger partial charge in [-0.15, -0.1) is 16.1 Å². The average molecular weight is 420 g/mol. The Balaban J connectivity index is -0.0000000679. The molecule has 0 atom stereocenters. The summed E-state index contributed by atoms with van der Waals surface area (Å²) in [4.78, 5) is 0. The van der Waals surface area contributed by atoms with Crippen molar-refractivity contribution in [3.05, 3.63) is 0 Å². The highest BCUT2D eigenvalue weighted by Gasteiger charge is 2.21. The monoisotopic (exact) mass is 420 g/mol. The topological polar surface area (TPSA) is 128 Å². The zero-order chi connectivity index (χ0) is 21.4. The van der Waals surface area contributed by atoms with Crippen molar-refractivity contribution in [2.24, 2.45) is 22.9 Å². The van der Waals surface area contributed by atoms with Gasteiger partial charge in [0.2, 0.25) is 0 Å². The van der Waals surface area contributed by atoms with E-state index in [2.05, 4.69) is 5.32 Å². The Kier molecular flexibility index (Phi) is 40.4. The molecular weight excluding hydrogens is 396 g/mol. The molecule has 0 fully saturated rings. The Morgan fingerprint density at radius 2 is 0.880 bits per heavy atom. The number of nitrogens with one attached hydrogen (secondary N) is 2. The van der Waals surface area contributed by atoms with E-state index in [4.69, 9.17) is 34.5 Å². The molecule has 0 spiro atoms. The Morgan fingerprint density at radius 3 is 1.00 bits per heavy atom. The molecule has 0 saturated heterocycles. The van der Waals surface area contributed by atoms with Crippen LogP contribution in [0.25, 0.3) is 0 Å². The van der Waals surface area contributed by atoms with Crippen LogP contribution in [0.3, 0.4) is 0 Å². The molecule has 0 aromatic heterocycles. The molecule has 0 aromatic carbocycles. The Morgan fingerprint density at radius 1 is 0.640 bits per heavy atom. The standard InChI is InChI=1S/C3H8ClFN2.2C2H8N2.2BF4/c4-3-6-1-2-7-5;2*3-1-2-4;2*2-1(3,4)5/h6-7H,1-3H2;2*1-4H2;;/q;;;2*-1. The highest BCUT2D eigenvalue weighted by atomic mass is 35.5. The minimum atomic E-state index is -6.00. The van der Waals surface area contributed by atoms with Gasteiger partial charge in [0.1, 0.15) is 0 Å². The third-order valence-electron chi connectivity index (χ3n) is 0.824. The van der Waals surface area contributed by atoms with Crippen LogP contribution in [-0.4, -0.2) is 59.8 Å². The first-order chi connectivity index (χ1) is 11.2. The van der Waals surface area contributed by atoms with Crippen LogP contribution in [0.1, 0.15) is 0 Å². The Hall–Kier alpha value is -0.450. The second-order valence-electron chi connectivity index (χ2n) is 3.16. The van der Waals surface area contributed by atoms with Crippen molar-refractivity contribution in [2.75, 3.05) is 45.3 Å². The third kappa shape index (κ3) is 355. The summed E-state index contributed by atoms with van der Waals surface area (Å²) in [6, 6.07) is 0.377. The van der Waals surface area contributed by atoms with Gasteiger partial charge in [-0.3, -0.25) is 0 Å². The normalized spacial score (nSPS) is 9.84. The van der Waals surface area contributed by atoms with E-state index < -0.39 is 14.5 Å². The summed E-state index contributed by atoms with van der Waals surface area (Å²) in [6.07, 6.45) is 0. The van der Waals surface area contributed by atoms with E-state index in [9.17, 15) is 39.0 Å². The van der Waals surface area contributed by atoms with Crippen LogP contribution in [0.2, 0.25) is 0 Å². The highest BCUT2D eigenvalue weighted by Crippen LogP contribution is 2.07. The first kappa shape index (κ1) is 35.6. The number of alkyl halides is 1. The molecular formula is C7H24B2ClF9N6-2. The van der Waals surface area contributed by atoms with E-state index >= 15 is 0 Å². The van der Waals surface area contributed by atoms with Crippen LogP contribution in [0.15, 0.2) is 0 Å². The molecule has 0 bridgehead atoms. The average Bonchev–Trinajstić information content (AvgIpc) is 2.45. The second kappa shape index (κ2) is 28.4. The summed E-state index contributed by atoms with van der Waals surface area (Å²) < 4.78 is 89.0. The second-order valence-corrected chi connectivity index (χ2v) is 3.43. The summed E-state index contributed by atoms with van der Waals surface area (Å²) in [5, 5.41) is 2.71. The molecule has 0 rings (SSSR count). The fourth-order valence-corrected chi connectivity index (χ4v) is 0.336. The molecule has 0 unspecified atom stereocenters. The zero-order valence-corrected chi connectivity index (χ0v) is 13.9. The molecule has 0 aromatic rings. The number of rotatable bonds is 6. The van der Waals surface area contributed by atoms with Gasteiger partial charge in [0.05, 0.1) is 6.00 Å². The van der Waals surface area contributed by atoms with Crippen LogP contribution in [-0.2, 0) is 0 Å². The van der Waals surface area contributed by atoms with Gasteiger partial charge in [0.25, 0.3) is 0 Å². The van der Waals surface area contributed by atoms with Crippen molar-refractivity contribution in [3.8, 4) is 0 Å². The predicted molar refractivity (Wildman–Crippen MR) is 84.4 cm³/mol. The summed E-state index contributed by atoms with van der Waals surface area (Å²) in [7, 11) is -12.0. The molecule has 6 nitrogen and oxygen atoms in total. The Labute approximate surface area is 145 Å². The molecule has 0 heterocycles. The first-order valence-electron chi connectivity index (χ1n) is 6.40. The van der Waals surface area contributed by atoms with Crippen LogP contribution in [0.4, 0.5) is 39.0 Å². The van der Waals surface area contributed by atoms with Crippen molar-refractivity contribution in [3.63, 3.8) is 0 Å². The fourth-order valence-electron chi connectivity index (χ4n) is 0.202. The molecule has 160 valence electrons. The molecule has 0 aliphatic rings. The van der Waals surface area contributed by atoms with Crippen molar-refractivity contribution >= 4 is 26.1 Å². The summed E-state index contributed by atoms with van der Waals surface area (Å²) in [5.41, 5.74) is 21.1. The van der Waals surface area contributed by atoms with Crippen molar-refractivity contribution in [2.45, 2.75) is 0 Å². The van der Waals surface area contributed by atoms with Gasteiger partial charge >= 0.3 is 14.5 Å². The van der Waals surface area contributed by atoms with Gasteiger partial charge in [-0.05, 0) is 0 Å². The minimum Gasteiger partial charge on any atom is -0.418 e. The number of halogens is 10. The number of hydrogen-bond acceptors (Lipinski definition) is 6. The van der Waals surface area contributed by atoms with Gasteiger partial charge in [0, 0.05) is 39.3 Å². The van der Waals surface area contributed by atoms with Crippen LogP contribution in [0, 0.1) is 0 Å². The van der Waals surface area contributed by atoms with Crippen molar-refractivity contribution in [1.82, 2.24) is 10.9 Å². The maximum absolute atomic E-state index is 11.0. The van der Waals surface area contributed by atoms with E-state index in [1.165, 1.54) is 5.54 Å².